The highest BCUT2D eigenvalue weighted by atomic mass is 79.9. The second-order valence-electron chi connectivity index (χ2n) is 4.72. The lowest BCUT2D eigenvalue weighted by atomic mass is 10.2. The maximum absolute atomic E-state index is 12.4. The Morgan fingerprint density at radius 1 is 1.38 bits per heavy atom. The number of rotatable bonds is 2. The molecule has 0 radical (unpaired) electrons. The van der Waals surface area contributed by atoms with E-state index in [4.69, 9.17) is 14.3 Å². The molecule has 6 nitrogen and oxygen atoms in total. The van der Waals surface area contributed by atoms with Crippen LogP contribution < -0.4 is 0 Å². The number of nitrogens with zero attached hydrogens (tertiary/aromatic N) is 1. The van der Waals surface area contributed by atoms with Crippen LogP contribution in [0.15, 0.2) is 33.2 Å². The Labute approximate surface area is 128 Å². The summed E-state index contributed by atoms with van der Waals surface area (Å²) in [4.78, 5) is 24.8. The van der Waals surface area contributed by atoms with Gasteiger partial charge >= 0.3 is 5.97 Å². The van der Waals surface area contributed by atoms with Gasteiger partial charge in [-0.05, 0) is 28.1 Å². The minimum absolute atomic E-state index is 0.0202. The minimum atomic E-state index is -1.07. The van der Waals surface area contributed by atoms with Gasteiger partial charge in [0.05, 0.1) is 17.6 Å². The normalized spacial score (nSPS) is 18.9. The van der Waals surface area contributed by atoms with Crippen molar-refractivity contribution in [2.75, 3.05) is 19.7 Å². The van der Waals surface area contributed by atoms with Crippen molar-refractivity contribution in [1.82, 2.24) is 4.90 Å². The van der Waals surface area contributed by atoms with Crippen LogP contribution in [0.25, 0.3) is 11.0 Å². The van der Waals surface area contributed by atoms with Gasteiger partial charge in [-0.2, -0.15) is 0 Å². The van der Waals surface area contributed by atoms with Crippen LogP contribution in [-0.4, -0.2) is 47.7 Å². The molecule has 0 spiro atoms. The number of carbonyl (C=O) groups is 2. The molecule has 0 bridgehead atoms. The molecule has 2 heterocycles. The van der Waals surface area contributed by atoms with Gasteiger partial charge in [-0.1, -0.05) is 12.1 Å². The predicted octanol–water partition coefficient (Wildman–Crippen LogP) is 2.12. The van der Waals surface area contributed by atoms with E-state index in [1.54, 1.807) is 6.07 Å². The third-order valence-corrected chi connectivity index (χ3v) is 3.96. The number of carbonyl (C=O) groups excluding carboxylic acids is 1. The standard InChI is InChI=1S/C14H12BrNO5/c15-9-3-1-2-8-6-10(21-12(8)9)13(17)16-4-5-20-11(7-16)14(18)19/h1-3,6,11H,4-5,7H2,(H,18,19). The van der Waals surface area contributed by atoms with Gasteiger partial charge < -0.3 is 19.2 Å². The Morgan fingerprint density at radius 3 is 2.90 bits per heavy atom. The van der Waals surface area contributed by atoms with Crippen LogP contribution >= 0.6 is 15.9 Å². The lowest BCUT2D eigenvalue weighted by Crippen LogP contribution is -2.48. The van der Waals surface area contributed by atoms with Crippen LogP contribution in [0.5, 0.6) is 0 Å². The van der Waals surface area contributed by atoms with E-state index in [0.717, 1.165) is 9.86 Å². The molecule has 1 aromatic heterocycles. The van der Waals surface area contributed by atoms with Gasteiger partial charge in [0.2, 0.25) is 0 Å². The molecule has 2 aromatic rings. The first-order valence-corrected chi connectivity index (χ1v) is 7.17. The van der Waals surface area contributed by atoms with Crippen molar-refractivity contribution in [3.8, 4) is 0 Å². The number of halogens is 1. The minimum Gasteiger partial charge on any atom is -0.479 e. The van der Waals surface area contributed by atoms with Gasteiger partial charge in [-0.25, -0.2) is 4.79 Å². The number of aliphatic carboxylic acids is 1. The highest BCUT2D eigenvalue weighted by Gasteiger charge is 2.30. The number of morpholine rings is 1. The van der Waals surface area contributed by atoms with Crippen molar-refractivity contribution in [1.29, 1.82) is 0 Å². The average Bonchev–Trinajstić information content (AvgIpc) is 2.92. The van der Waals surface area contributed by atoms with E-state index in [1.165, 1.54) is 4.90 Å². The zero-order chi connectivity index (χ0) is 15.0. The molecule has 1 saturated heterocycles. The lowest BCUT2D eigenvalue weighted by molar-refractivity contribution is -0.154. The molecule has 7 heteroatoms. The van der Waals surface area contributed by atoms with Crippen LogP contribution in [0, 0.1) is 0 Å². The van der Waals surface area contributed by atoms with Gasteiger partial charge in [-0.3, -0.25) is 4.79 Å². The Morgan fingerprint density at radius 2 is 2.19 bits per heavy atom. The van der Waals surface area contributed by atoms with Crippen LogP contribution in [0.1, 0.15) is 10.6 Å². The first-order valence-electron chi connectivity index (χ1n) is 6.38. The molecule has 1 amide bonds. The third-order valence-electron chi connectivity index (χ3n) is 3.34. The van der Waals surface area contributed by atoms with Crippen molar-refractivity contribution in [2.24, 2.45) is 0 Å². The van der Waals surface area contributed by atoms with Crippen molar-refractivity contribution in [3.05, 3.63) is 34.5 Å². The van der Waals surface area contributed by atoms with Gasteiger partial charge in [0.1, 0.15) is 5.58 Å². The molecule has 1 fully saturated rings. The summed E-state index contributed by atoms with van der Waals surface area (Å²) >= 11 is 3.37. The predicted molar refractivity (Wildman–Crippen MR) is 77.2 cm³/mol. The second-order valence-corrected chi connectivity index (χ2v) is 5.57. The zero-order valence-corrected chi connectivity index (χ0v) is 12.5. The van der Waals surface area contributed by atoms with E-state index in [-0.39, 0.29) is 24.8 Å². The summed E-state index contributed by atoms with van der Waals surface area (Å²) in [6.45, 7) is 0.569. The van der Waals surface area contributed by atoms with E-state index in [2.05, 4.69) is 15.9 Å². The van der Waals surface area contributed by atoms with Gasteiger partial charge in [0, 0.05) is 11.9 Å². The molecule has 0 aliphatic carbocycles. The second kappa shape index (κ2) is 5.50. The number of ether oxygens (including phenoxy) is 1. The fourth-order valence-corrected chi connectivity index (χ4v) is 2.73. The molecule has 1 unspecified atom stereocenters. The number of carboxylic acids is 1. The molecule has 1 aromatic carbocycles. The van der Waals surface area contributed by atoms with Crippen molar-refractivity contribution in [3.63, 3.8) is 0 Å². The van der Waals surface area contributed by atoms with Gasteiger partial charge in [-0.15, -0.1) is 0 Å². The number of fused-ring (bicyclic) bond motifs is 1. The molecule has 110 valence electrons. The van der Waals surface area contributed by atoms with Crippen molar-refractivity contribution >= 4 is 38.8 Å². The van der Waals surface area contributed by atoms with E-state index in [1.807, 2.05) is 18.2 Å². The number of benzene rings is 1. The topological polar surface area (TPSA) is 80.0 Å². The smallest absolute Gasteiger partial charge is 0.334 e. The maximum atomic E-state index is 12.4. The summed E-state index contributed by atoms with van der Waals surface area (Å²) in [6, 6.07) is 7.19. The van der Waals surface area contributed by atoms with Crippen molar-refractivity contribution < 1.29 is 23.8 Å². The number of hydrogen-bond donors (Lipinski definition) is 1. The molecule has 3 rings (SSSR count). The summed E-state index contributed by atoms with van der Waals surface area (Å²) < 4.78 is 11.5. The SMILES string of the molecule is O=C(O)C1CN(C(=O)c2cc3cccc(Br)c3o2)CCO1. The average molecular weight is 354 g/mol. The van der Waals surface area contributed by atoms with Crippen LogP contribution in [0.3, 0.4) is 0 Å². The van der Waals surface area contributed by atoms with Crippen molar-refractivity contribution in [2.45, 2.75) is 6.10 Å². The van der Waals surface area contributed by atoms with E-state index in [0.29, 0.717) is 12.1 Å². The Kier molecular flexibility index (Phi) is 3.69. The summed E-state index contributed by atoms with van der Waals surface area (Å²) in [5, 5.41) is 9.78. The maximum Gasteiger partial charge on any atom is 0.334 e. The van der Waals surface area contributed by atoms with Gasteiger partial charge in [0.15, 0.2) is 11.9 Å². The number of carboxylic acid groups (broad SMARTS) is 1. The Balaban J connectivity index is 1.86. The summed E-state index contributed by atoms with van der Waals surface area (Å²) in [5.41, 5.74) is 0.601. The largest absolute Gasteiger partial charge is 0.479 e. The molecule has 1 aliphatic rings. The number of amides is 1. The van der Waals surface area contributed by atoms with E-state index in [9.17, 15) is 9.59 Å². The number of para-hydroxylation sites is 1. The number of furan rings is 1. The van der Waals surface area contributed by atoms with E-state index < -0.39 is 12.1 Å². The summed E-state index contributed by atoms with van der Waals surface area (Å²) in [6.07, 6.45) is -0.987. The first-order chi connectivity index (χ1) is 10.1. The monoisotopic (exact) mass is 353 g/mol. The molecule has 1 N–H and O–H groups in total. The highest BCUT2D eigenvalue weighted by Crippen LogP contribution is 2.27. The molecule has 21 heavy (non-hydrogen) atoms. The molecule has 0 saturated carbocycles. The summed E-state index contributed by atoms with van der Waals surface area (Å²) in [7, 11) is 0. The van der Waals surface area contributed by atoms with Crippen LogP contribution in [0.4, 0.5) is 0 Å². The summed E-state index contributed by atoms with van der Waals surface area (Å²) in [5.74, 6) is -1.20. The lowest BCUT2D eigenvalue weighted by Gasteiger charge is -2.30. The van der Waals surface area contributed by atoms with Crippen LogP contribution in [0.2, 0.25) is 0 Å². The Hall–Kier alpha value is -1.86. The fourth-order valence-electron chi connectivity index (χ4n) is 2.27. The Bertz CT molecular complexity index is 710. The molecular formula is C14H12BrNO5. The van der Waals surface area contributed by atoms with Gasteiger partial charge in [0.25, 0.3) is 5.91 Å². The van der Waals surface area contributed by atoms with Crippen LogP contribution in [-0.2, 0) is 9.53 Å². The first kappa shape index (κ1) is 14.1. The quantitative estimate of drug-likeness (QED) is 0.894. The highest BCUT2D eigenvalue weighted by molar-refractivity contribution is 9.10. The zero-order valence-electron chi connectivity index (χ0n) is 10.9. The molecular weight excluding hydrogens is 342 g/mol. The third kappa shape index (κ3) is 2.66. The van der Waals surface area contributed by atoms with E-state index >= 15 is 0 Å². The molecule has 1 atom stereocenters. The number of hydrogen-bond acceptors (Lipinski definition) is 4. The fraction of sp³-hybridized carbons (Fsp3) is 0.286. The molecule has 1 aliphatic heterocycles.